The number of benzene rings is 2. The van der Waals surface area contributed by atoms with Crippen molar-refractivity contribution in [3.63, 3.8) is 0 Å². The molecule has 2 aromatic carbocycles. The van der Waals surface area contributed by atoms with E-state index in [4.69, 9.17) is 10.00 Å². The SMILES string of the molecule is CC(Oc1cccc(C#N)c1)C(=O)Nc1ccccc1Br. The van der Waals surface area contributed by atoms with Crippen LogP contribution in [0.1, 0.15) is 12.5 Å². The third kappa shape index (κ3) is 4.07. The lowest BCUT2D eigenvalue weighted by molar-refractivity contribution is -0.122. The van der Waals surface area contributed by atoms with Gasteiger partial charge in [-0.2, -0.15) is 5.26 Å². The molecule has 4 nitrogen and oxygen atoms in total. The molecule has 1 atom stereocenters. The minimum absolute atomic E-state index is 0.260. The second-order valence-corrected chi connectivity index (χ2v) is 5.22. The fraction of sp³-hybridized carbons (Fsp3) is 0.125. The summed E-state index contributed by atoms with van der Waals surface area (Å²) in [7, 11) is 0. The summed E-state index contributed by atoms with van der Waals surface area (Å²) in [5.41, 5.74) is 1.18. The zero-order valence-corrected chi connectivity index (χ0v) is 12.9. The Balaban J connectivity index is 2.03. The Kier molecular flexibility index (Phi) is 4.96. The predicted octanol–water partition coefficient (Wildman–Crippen LogP) is 3.73. The number of hydrogen-bond acceptors (Lipinski definition) is 3. The number of nitriles is 1. The van der Waals surface area contributed by atoms with E-state index >= 15 is 0 Å². The number of halogens is 1. The minimum atomic E-state index is -0.675. The quantitative estimate of drug-likeness (QED) is 0.919. The van der Waals surface area contributed by atoms with Crippen LogP contribution in [0.5, 0.6) is 5.75 Å². The van der Waals surface area contributed by atoms with Gasteiger partial charge in [-0.15, -0.1) is 0 Å². The molecule has 1 amide bonds. The maximum Gasteiger partial charge on any atom is 0.265 e. The molecule has 0 fully saturated rings. The zero-order chi connectivity index (χ0) is 15.2. The molecule has 0 heterocycles. The first-order chi connectivity index (χ1) is 10.1. The predicted molar refractivity (Wildman–Crippen MR) is 84.0 cm³/mol. The van der Waals surface area contributed by atoms with Crippen molar-refractivity contribution < 1.29 is 9.53 Å². The fourth-order valence-electron chi connectivity index (χ4n) is 1.69. The highest BCUT2D eigenvalue weighted by Gasteiger charge is 2.15. The van der Waals surface area contributed by atoms with Crippen molar-refractivity contribution in [3.8, 4) is 11.8 Å². The van der Waals surface area contributed by atoms with E-state index < -0.39 is 6.10 Å². The molecule has 5 heteroatoms. The number of anilines is 1. The molecule has 0 aliphatic rings. The van der Waals surface area contributed by atoms with Crippen molar-refractivity contribution in [1.82, 2.24) is 0 Å². The van der Waals surface area contributed by atoms with Gasteiger partial charge in [-0.25, -0.2) is 0 Å². The van der Waals surface area contributed by atoms with Crippen molar-refractivity contribution in [2.75, 3.05) is 5.32 Å². The summed E-state index contributed by atoms with van der Waals surface area (Å²) in [5.74, 6) is 0.230. The van der Waals surface area contributed by atoms with Crippen molar-refractivity contribution in [1.29, 1.82) is 5.26 Å². The Morgan fingerprint density at radius 2 is 2.05 bits per heavy atom. The second-order valence-electron chi connectivity index (χ2n) is 4.37. The molecule has 0 aromatic heterocycles. The van der Waals surface area contributed by atoms with E-state index in [0.29, 0.717) is 17.0 Å². The van der Waals surface area contributed by atoms with Gasteiger partial charge in [0.05, 0.1) is 17.3 Å². The average Bonchev–Trinajstić information content (AvgIpc) is 2.49. The highest BCUT2D eigenvalue weighted by atomic mass is 79.9. The van der Waals surface area contributed by atoms with Crippen LogP contribution in [0.25, 0.3) is 0 Å². The van der Waals surface area contributed by atoms with E-state index in [1.54, 1.807) is 37.3 Å². The van der Waals surface area contributed by atoms with Crippen molar-refractivity contribution in [2.45, 2.75) is 13.0 Å². The number of carbonyl (C=O) groups is 1. The van der Waals surface area contributed by atoms with Gasteiger partial charge in [0.2, 0.25) is 0 Å². The highest BCUT2D eigenvalue weighted by molar-refractivity contribution is 9.10. The van der Waals surface area contributed by atoms with Gasteiger partial charge >= 0.3 is 0 Å². The number of para-hydroxylation sites is 1. The van der Waals surface area contributed by atoms with Gasteiger partial charge in [-0.3, -0.25) is 4.79 Å². The highest BCUT2D eigenvalue weighted by Crippen LogP contribution is 2.22. The van der Waals surface area contributed by atoms with E-state index in [-0.39, 0.29) is 5.91 Å². The molecular formula is C16H13BrN2O2. The zero-order valence-electron chi connectivity index (χ0n) is 11.3. The van der Waals surface area contributed by atoms with Crippen molar-refractivity contribution in [3.05, 3.63) is 58.6 Å². The largest absolute Gasteiger partial charge is 0.481 e. The lowest BCUT2D eigenvalue weighted by atomic mass is 10.2. The van der Waals surface area contributed by atoms with E-state index in [1.165, 1.54) is 0 Å². The molecule has 0 saturated heterocycles. The van der Waals surface area contributed by atoms with Crippen LogP contribution in [0.15, 0.2) is 53.0 Å². The standard InChI is InChI=1S/C16H13BrN2O2/c1-11(21-13-6-4-5-12(9-13)10-18)16(20)19-15-8-3-2-7-14(15)17/h2-9,11H,1H3,(H,19,20). The number of rotatable bonds is 4. The molecule has 1 N–H and O–H groups in total. The molecule has 2 aromatic rings. The van der Waals surface area contributed by atoms with Crippen LogP contribution in [0.2, 0.25) is 0 Å². The number of carbonyl (C=O) groups excluding carboxylic acids is 1. The number of nitrogens with one attached hydrogen (secondary N) is 1. The van der Waals surface area contributed by atoms with Crippen LogP contribution < -0.4 is 10.1 Å². The molecule has 0 bridgehead atoms. The smallest absolute Gasteiger partial charge is 0.265 e. The van der Waals surface area contributed by atoms with Crippen molar-refractivity contribution >= 4 is 27.5 Å². The third-order valence-corrected chi connectivity index (χ3v) is 3.47. The van der Waals surface area contributed by atoms with E-state index in [0.717, 1.165) is 4.47 Å². The molecule has 0 aliphatic carbocycles. The molecule has 0 spiro atoms. The molecule has 2 rings (SSSR count). The summed E-state index contributed by atoms with van der Waals surface area (Å²) in [4.78, 5) is 12.1. The van der Waals surface area contributed by atoms with Crippen molar-refractivity contribution in [2.24, 2.45) is 0 Å². The Morgan fingerprint density at radius 3 is 2.76 bits per heavy atom. The summed E-state index contributed by atoms with van der Waals surface area (Å²) in [6.07, 6.45) is -0.675. The molecular weight excluding hydrogens is 332 g/mol. The fourth-order valence-corrected chi connectivity index (χ4v) is 2.08. The topological polar surface area (TPSA) is 62.1 Å². The first-order valence-electron chi connectivity index (χ1n) is 6.32. The molecule has 1 unspecified atom stereocenters. The molecule has 0 saturated carbocycles. The maximum absolute atomic E-state index is 12.1. The number of nitrogens with zero attached hydrogens (tertiary/aromatic N) is 1. The van der Waals surface area contributed by atoms with Crippen LogP contribution in [0.3, 0.4) is 0 Å². The van der Waals surface area contributed by atoms with Crippen LogP contribution in [0.4, 0.5) is 5.69 Å². The molecule has 0 radical (unpaired) electrons. The van der Waals surface area contributed by atoms with Gasteiger partial charge in [0, 0.05) is 4.47 Å². The normalized spacial score (nSPS) is 11.3. The minimum Gasteiger partial charge on any atom is -0.481 e. The van der Waals surface area contributed by atoms with Gasteiger partial charge in [-0.05, 0) is 53.2 Å². The van der Waals surface area contributed by atoms with Crippen LogP contribution in [-0.2, 0) is 4.79 Å². The summed E-state index contributed by atoms with van der Waals surface area (Å²) in [6, 6.07) is 16.1. The van der Waals surface area contributed by atoms with Gasteiger partial charge in [0.15, 0.2) is 6.10 Å². The average molecular weight is 345 g/mol. The molecule has 0 aliphatic heterocycles. The summed E-state index contributed by atoms with van der Waals surface area (Å²) in [6.45, 7) is 1.66. The van der Waals surface area contributed by atoms with Gasteiger partial charge in [0.25, 0.3) is 5.91 Å². The van der Waals surface area contributed by atoms with Crippen LogP contribution in [-0.4, -0.2) is 12.0 Å². The van der Waals surface area contributed by atoms with Gasteiger partial charge < -0.3 is 10.1 Å². The van der Waals surface area contributed by atoms with E-state index in [1.807, 2.05) is 24.3 Å². The molecule has 106 valence electrons. The lowest BCUT2D eigenvalue weighted by Crippen LogP contribution is -2.30. The van der Waals surface area contributed by atoms with Gasteiger partial charge in [0.1, 0.15) is 5.75 Å². The number of amides is 1. The van der Waals surface area contributed by atoms with E-state index in [2.05, 4.69) is 21.2 Å². The summed E-state index contributed by atoms with van der Waals surface area (Å²) < 4.78 is 6.36. The Morgan fingerprint density at radius 1 is 1.29 bits per heavy atom. The molecule has 21 heavy (non-hydrogen) atoms. The summed E-state index contributed by atoms with van der Waals surface area (Å²) in [5, 5.41) is 11.6. The first-order valence-corrected chi connectivity index (χ1v) is 7.11. The number of hydrogen-bond donors (Lipinski definition) is 1. The second kappa shape index (κ2) is 6.91. The van der Waals surface area contributed by atoms with E-state index in [9.17, 15) is 4.79 Å². The van der Waals surface area contributed by atoms with Crippen LogP contribution in [0, 0.1) is 11.3 Å². The van der Waals surface area contributed by atoms with Gasteiger partial charge in [-0.1, -0.05) is 18.2 Å². The maximum atomic E-state index is 12.1. The third-order valence-electron chi connectivity index (χ3n) is 2.78. The Labute approximate surface area is 131 Å². The Bertz CT molecular complexity index is 695. The number of ether oxygens (including phenoxy) is 1. The first kappa shape index (κ1) is 15.1. The monoisotopic (exact) mass is 344 g/mol. The lowest BCUT2D eigenvalue weighted by Gasteiger charge is -2.15. The Hall–Kier alpha value is -2.32. The summed E-state index contributed by atoms with van der Waals surface area (Å²) >= 11 is 3.37. The van der Waals surface area contributed by atoms with Crippen LogP contribution >= 0.6 is 15.9 Å².